The summed E-state index contributed by atoms with van der Waals surface area (Å²) in [7, 11) is 0. The molecule has 2 unspecified atom stereocenters. The van der Waals surface area contributed by atoms with Gasteiger partial charge in [-0.05, 0) is 41.7 Å². The van der Waals surface area contributed by atoms with Crippen LogP contribution in [0.1, 0.15) is 41.3 Å². The fraction of sp³-hybridized carbons (Fsp3) is 0.333. The molecule has 4 heterocycles. The number of aromatic nitrogens is 1. The normalized spacial score (nSPS) is 21.6. The molecule has 200 valence electrons. The van der Waals surface area contributed by atoms with Crippen LogP contribution in [0.3, 0.4) is 0 Å². The second-order valence-corrected chi connectivity index (χ2v) is 11.5. The molecule has 39 heavy (non-hydrogen) atoms. The van der Waals surface area contributed by atoms with Gasteiger partial charge in [-0.2, -0.15) is 0 Å². The molecule has 3 aromatic rings. The van der Waals surface area contributed by atoms with Crippen LogP contribution in [0.4, 0.5) is 10.5 Å². The summed E-state index contributed by atoms with van der Waals surface area (Å²) in [6.07, 6.45) is 5.14. The number of rotatable bonds is 6. The number of hydrogen-bond donors (Lipinski definition) is 1. The summed E-state index contributed by atoms with van der Waals surface area (Å²) in [6, 6.07) is 21.7. The van der Waals surface area contributed by atoms with Crippen molar-refractivity contribution in [3.63, 3.8) is 0 Å². The summed E-state index contributed by atoms with van der Waals surface area (Å²) in [5.74, 6) is -0.00706. The van der Waals surface area contributed by atoms with E-state index in [1.165, 1.54) is 0 Å². The number of benzene rings is 2. The van der Waals surface area contributed by atoms with Crippen molar-refractivity contribution in [1.29, 1.82) is 0 Å². The maximum Gasteiger partial charge on any atom is 0.322 e. The predicted molar refractivity (Wildman–Crippen MR) is 151 cm³/mol. The van der Waals surface area contributed by atoms with Crippen LogP contribution in [0.5, 0.6) is 0 Å². The van der Waals surface area contributed by atoms with Crippen LogP contribution in [0, 0.1) is 0 Å². The SMILES string of the molecule is O=C(CC1SC(c2ccccc2)N(Cc2cccnc2)C1=O)N1CCC(N2Cc3ccccc3NC2=O)CC1. The molecule has 0 radical (unpaired) electrons. The lowest BCUT2D eigenvalue weighted by Crippen LogP contribution is -2.51. The van der Waals surface area contributed by atoms with Crippen LogP contribution < -0.4 is 5.32 Å². The van der Waals surface area contributed by atoms with Gasteiger partial charge in [-0.1, -0.05) is 54.6 Å². The van der Waals surface area contributed by atoms with E-state index >= 15 is 0 Å². The molecule has 2 atom stereocenters. The van der Waals surface area contributed by atoms with Crippen molar-refractivity contribution < 1.29 is 14.4 Å². The Kier molecular flexibility index (Phi) is 7.24. The predicted octanol–water partition coefficient (Wildman–Crippen LogP) is 4.65. The van der Waals surface area contributed by atoms with Crippen LogP contribution in [-0.2, 0) is 22.7 Å². The number of piperidine rings is 1. The molecule has 1 aromatic heterocycles. The first-order valence-corrected chi connectivity index (χ1v) is 14.3. The van der Waals surface area contributed by atoms with Crippen molar-refractivity contribution in [3.05, 3.63) is 95.8 Å². The minimum absolute atomic E-state index is 0.00257. The Hall–Kier alpha value is -3.85. The molecule has 8 nitrogen and oxygen atoms in total. The fourth-order valence-corrected chi connectivity index (χ4v) is 7.12. The van der Waals surface area contributed by atoms with Gasteiger partial charge in [0.05, 0.1) is 5.25 Å². The zero-order valence-electron chi connectivity index (χ0n) is 21.6. The third kappa shape index (κ3) is 5.36. The van der Waals surface area contributed by atoms with E-state index in [9.17, 15) is 14.4 Å². The van der Waals surface area contributed by atoms with Crippen LogP contribution in [0.2, 0.25) is 0 Å². The Balaban J connectivity index is 1.09. The van der Waals surface area contributed by atoms with Gasteiger partial charge in [0.1, 0.15) is 5.37 Å². The highest BCUT2D eigenvalue weighted by Crippen LogP contribution is 2.45. The summed E-state index contributed by atoms with van der Waals surface area (Å²) < 4.78 is 0. The Bertz CT molecular complexity index is 1350. The number of nitrogens with zero attached hydrogens (tertiary/aromatic N) is 4. The number of urea groups is 1. The smallest absolute Gasteiger partial charge is 0.322 e. The van der Waals surface area contributed by atoms with E-state index in [1.807, 2.05) is 81.4 Å². The number of anilines is 1. The van der Waals surface area contributed by atoms with E-state index in [0.29, 0.717) is 26.2 Å². The second-order valence-electron chi connectivity index (χ2n) is 10.2. The van der Waals surface area contributed by atoms with Crippen molar-refractivity contribution >= 4 is 35.3 Å². The lowest BCUT2D eigenvalue weighted by Gasteiger charge is -2.40. The zero-order valence-corrected chi connectivity index (χ0v) is 22.4. The van der Waals surface area contributed by atoms with Crippen LogP contribution in [0.15, 0.2) is 79.1 Å². The Morgan fingerprint density at radius 2 is 1.74 bits per heavy atom. The van der Waals surface area contributed by atoms with Gasteiger partial charge in [-0.15, -0.1) is 11.8 Å². The van der Waals surface area contributed by atoms with Gasteiger partial charge in [0.2, 0.25) is 11.8 Å². The number of nitrogens with one attached hydrogen (secondary N) is 1. The highest BCUT2D eigenvalue weighted by atomic mass is 32.2. The number of likely N-dealkylation sites (tertiary alicyclic amines) is 1. The van der Waals surface area contributed by atoms with Crippen LogP contribution >= 0.6 is 11.8 Å². The summed E-state index contributed by atoms with van der Waals surface area (Å²) in [5.41, 5.74) is 4.00. The molecule has 3 aliphatic rings. The third-order valence-corrected chi connectivity index (χ3v) is 9.25. The number of fused-ring (bicyclic) bond motifs is 1. The summed E-state index contributed by atoms with van der Waals surface area (Å²) in [6.45, 7) is 2.21. The van der Waals surface area contributed by atoms with Gasteiger partial charge in [0.25, 0.3) is 0 Å². The number of carbonyl (C=O) groups excluding carboxylic acids is 3. The molecule has 1 N–H and O–H groups in total. The molecule has 0 aliphatic carbocycles. The van der Waals surface area contributed by atoms with Crippen LogP contribution in [-0.4, -0.2) is 61.9 Å². The Morgan fingerprint density at radius 3 is 2.51 bits per heavy atom. The van der Waals surface area contributed by atoms with Gasteiger partial charge in [-0.25, -0.2) is 4.79 Å². The number of hydrogen-bond acceptors (Lipinski definition) is 5. The average molecular weight is 542 g/mol. The summed E-state index contributed by atoms with van der Waals surface area (Å²) in [5, 5.41) is 2.41. The lowest BCUT2D eigenvalue weighted by molar-refractivity contribution is -0.137. The van der Waals surface area contributed by atoms with E-state index < -0.39 is 5.25 Å². The fourth-order valence-electron chi connectivity index (χ4n) is 5.68. The quantitative estimate of drug-likeness (QED) is 0.491. The molecule has 2 aromatic carbocycles. The zero-order chi connectivity index (χ0) is 26.8. The lowest BCUT2D eigenvalue weighted by atomic mass is 10.0. The van der Waals surface area contributed by atoms with E-state index in [2.05, 4.69) is 10.3 Å². The Morgan fingerprint density at radius 1 is 0.974 bits per heavy atom. The van der Waals surface area contributed by atoms with Gasteiger partial charge >= 0.3 is 6.03 Å². The highest BCUT2D eigenvalue weighted by molar-refractivity contribution is 8.01. The van der Waals surface area contributed by atoms with Crippen molar-refractivity contribution in [1.82, 2.24) is 19.7 Å². The first-order valence-electron chi connectivity index (χ1n) is 13.4. The number of thioether (sulfide) groups is 1. The Labute approximate surface area is 232 Å². The minimum Gasteiger partial charge on any atom is -0.342 e. The largest absolute Gasteiger partial charge is 0.342 e. The first kappa shape index (κ1) is 25.4. The molecular weight excluding hydrogens is 510 g/mol. The molecule has 3 aliphatic heterocycles. The number of carbonyl (C=O) groups is 3. The molecular formula is C30H31N5O3S. The van der Waals surface area contributed by atoms with Gasteiger partial charge in [0, 0.05) is 56.7 Å². The van der Waals surface area contributed by atoms with Gasteiger partial charge in [0.15, 0.2) is 0 Å². The summed E-state index contributed by atoms with van der Waals surface area (Å²) in [4.78, 5) is 49.5. The molecule has 9 heteroatoms. The maximum atomic E-state index is 13.6. The van der Waals surface area contributed by atoms with Gasteiger partial charge in [-0.3, -0.25) is 14.6 Å². The molecule has 2 saturated heterocycles. The maximum absolute atomic E-state index is 13.6. The molecule has 6 rings (SSSR count). The minimum atomic E-state index is -0.429. The number of para-hydroxylation sites is 1. The monoisotopic (exact) mass is 541 g/mol. The van der Waals surface area contributed by atoms with Crippen molar-refractivity contribution in [2.45, 2.75) is 49.0 Å². The molecule has 0 spiro atoms. The number of pyridine rings is 1. The third-order valence-electron chi connectivity index (χ3n) is 7.77. The van der Waals surface area contributed by atoms with Crippen molar-refractivity contribution in [2.75, 3.05) is 18.4 Å². The second kappa shape index (κ2) is 11.1. The first-order chi connectivity index (χ1) is 19.1. The average Bonchev–Trinajstić information content (AvgIpc) is 3.28. The highest BCUT2D eigenvalue weighted by Gasteiger charge is 2.43. The summed E-state index contributed by atoms with van der Waals surface area (Å²) >= 11 is 1.56. The van der Waals surface area contributed by atoms with Crippen molar-refractivity contribution in [2.24, 2.45) is 0 Å². The van der Waals surface area contributed by atoms with E-state index in [1.54, 1.807) is 24.2 Å². The van der Waals surface area contributed by atoms with E-state index in [4.69, 9.17) is 0 Å². The standard InChI is InChI=1S/C30H31N5O3S/c36-27(33-15-12-24(13-16-33)34-20-23-10-4-5-11-25(23)32-30(34)38)17-26-28(37)35(19-21-7-6-14-31-18-21)29(39-26)22-8-2-1-3-9-22/h1-11,14,18,24,26,29H,12-13,15-17,19-20H2,(H,32,38). The van der Waals surface area contributed by atoms with E-state index in [0.717, 1.165) is 35.2 Å². The number of amides is 4. The van der Waals surface area contributed by atoms with Crippen LogP contribution in [0.25, 0.3) is 0 Å². The van der Waals surface area contributed by atoms with Crippen molar-refractivity contribution in [3.8, 4) is 0 Å². The molecule has 2 fully saturated rings. The molecule has 0 saturated carbocycles. The molecule has 4 amide bonds. The molecule has 0 bridgehead atoms. The topological polar surface area (TPSA) is 85.8 Å². The van der Waals surface area contributed by atoms with Gasteiger partial charge < -0.3 is 20.0 Å². The van der Waals surface area contributed by atoms with E-state index in [-0.39, 0.29) is 35.7 Å².